The largest absolute Gasteiger partial charge is 2.00 e. The van der Waals surface area contributed by atoms with Crippen molar-refractivity contribution in [2.75, 3.05) is 0 Å². The molecule has 0 fully saturated rings. The van der Waals surface area contributed by atoms with Gasteiger partial charge in [0.1, 0.15) is 0 Å². The minimum absolute atomic E-state index is 0. The van der Waals surface area contributed by atoms with Gasteiger partial charge in [-0.25, -0.2) is 0 Å². The van der Waals surface area contributed by atoms with Crippen molar-refractivity contribution in [3.05, 3.63) is 0 Å². The maximum atomic E-state index is 8.52. The zero-order chi connectivity index (χ0) is 9.00. The molecule has 0 radical (unpaired) electrons. The van der Waals surface area contributed by atoms with Crippen molar-refractivity contribution in [3.8, 4) is 0 Å². The molecule has 0 aliphatic rings. The molecule has 0 aromatic rings. The van der Waals surface area contributed by atoms with Crippen LogP contribution in [0.1, 0.15) is 0 Å². The Morgan fingerprint density at radius 1 is 0.667 bits per heavy atom. The smallest absolute Gasteiger partial charge is 0.759 e. The van der Waals surface area contributed by atoms with Crippen molar-refractivity contribution >= 4 is 20.8 Å². The van der Waals surface area contributed by atoms with Crippen LogP contribution in [0.15, 0.2) is 0 Å². The van der Waals surface area contributed by atoms with Gasteiger partial charge in [-0.2, -0.15) is 0 Å². The average Bonchev–Trinajstić information content (AvgIpc) is 1.12. The first-order valence-corrected chi connectivity index (χ1v) is 4.00. The van der Waals surface area contributed by atoms with E-state index in [1.165, 1.54) is 0 Å². The summed E-state index contributed by atoms with van der Waals surface area (Å²) in [7, 11) is -10.3. The number of rotatable bonds is 0. The van der Waals surface area contributed by atoms with Crippen molar-refractivity contribution in [2.24, 2.45) is 0 Å². The van der Waals surface area contributed by atoms with Gasteiger partial charge in [0.15, 0.2) is 0 Å². The zero-order valence-corrected chi connectivity index (χ0v) is 11.5. The molecule has 0 amide bonds. The number of hydrogen-bond acceptors (Lipinski definition) is 8. The third-order valence-corrected chi connectivity index (χ3v) is 0. The van der Waals surface area contributed by atoms with Gasteiger partial charge in [0.05, 0.1) is 0 Å². The van der Waals surface area contributed by atoms with Crippen molar-refractivity contribution in [3.63, 3.8) is 0 Å². The third-order valence-electron chi connectivity index (χ3n) is 0. The van der Waals surface area contributed by atoms with Crippen LogP contribution in [-0.4, -0.2) is 35.0 Å². The van der Waals surface area contributed by atoms with E-state index in [1.54, 1.807) is 0 Å². The summed E-state index contributed by atoms with van der Waals surface area (Å²) in [6, 6.07) is 0. The summed E-state index contributed by atoms with van der Waals surface area (Å²) < 4.78 is 68.2. The molecule has 68 valence electrons. The average molecular weight is 283 g/mol. The van der Waals surface area contributed by atoms with Crippen LogP contribution in [0, 0.1) is 0 Å². The molecule has 0 saturated heterocycles. The normalized spacial score (nSPS) is 9.67. The molecule has 0 aromatic heterocycles. The fraction of sp³-hybridized carbons (Fsp3) is 0. The second-order valence-corrected chi connectivity index (χ2v) is 2.45. The Kier molecular flexibility index (Phi) is 18.6. The molecule has 0 bridgehead atoms. The fourth-order valence-corrected chi connectivity index (χ4v) is 0. The van der Waals surface area contributed by atoms with Crippen molar-refractivity contribution in [1.29, 1.82) is 0 Å². The summed E-state index contributed by atoms with van der Waals surface area (Å²) >= 11 is 0. The van der Waals surface area contributed by atoms with Gasteiger partial charge in [-0.1, -0.05) is 0 Å². The minimum Gasteiger partial charge on any atom is -0.759 e. The van der Waals surface area contributed by atoms with Crippen molar-refractivity contribution in [1.82, 2.24) is 0 Å². The van der Waals surface area contributed by atoms with E-state index in [0.29, 0.717) is 0 Å². The molecule has 0 rings (SSSR count). The molecule has 0 aliphatic carbocycles. The number of hydrogen-bond donors (Lipinski definition) is 0. The first-order chi connectivity index (χ1) is 4.00. The molecule has 0 aromatic carbocycles. The Morgan fingerprint density at radius 3 is 0.667 bits per heavy atom. The summed E-state index contributed by atoms with van der Waals surface area (Å²) in [5.74, 6) is 0. The topological polar surface area (TPSA) is 161 Å². The summed E-state index contributed by atoms with van der Waals surface area (Å²) in [6.45, 7) is 0. The van der Waals surface area contributed by atoms with Gasteiger partial charge in [0.25, 0.3) is 0 Å². The predicted molar refractivity (Wildman–Crippen MR) is 20.9 cm³/mol. The van der Waals surface area contributed by atoms with Crippen LogP contribution in [0.4, 0.5) is 0 Å². The van der Waals surface area contributed by atoms with Gasteiger partial charge in [-0.05, 0) is 0 Å². The Hall–Kier alpha value is 1.91. The van der Waals surface area contributed by atoms with Crippen molar-refractivity contribution in [2.45, 2.75) is 0 Å². The van der Waals surface area contributed by atoms with Crippen LogP contribution in [0.5, 0.6) is 0 Å². The molecule has 0 saturated carbocycles. The molecule has 8 nitrogen and oxygen atoms in total. The quantitative estimate of drug-likeness (QED) is 0.241. The van der Waals surface area contributed by atoms with Crippen LogP contribution in [0.3, 0.4) is 0 Å². The van der Waals surface area contributed by atoms with E-state index >= 15 is 0 Å². The molecule has 0 atom stereocenters. The van der Waals surface area contributed by atoms with Gasteiger partial charge in [0.2, 0.25) is 0 Å². The molecule has 0 aliphatic heterocycles. The standard InChI is InChI=1S/Cr.K.2H2O4S/c;;2*1-5(2,3)4/h;;2*(H2,1,2,3,4)/q+2;+1;;/p-4. The Labute approximate surface area is 122 Å². The van der Waals surface area contributed by atoms with Crippen LogP contribution in [0.25, 0.3) is 0 Å². The van der Waals surface area contributed by atoms with E-state index in [-0.39, 0.29) is 68.7 Å². The summed E-state index contributed by atoms with van der Waals surface area (Å²) in [5, 5.41) is 0. The van der Waals surface area contributed by atoms with E-state index in [2.05, 4.69) is 0 Å². The first-order valence-electron chi connectivity index (χ1n) is 1.33. The molecule has 12 heavy (non-hydrogen) atoms. The first kappa shape index (κ1) is 23.6. The van der Waals surface area contributed by atoms with Crippen LogP contribution >= 0.6 is 0 Å². The van der Waals surface area contributed by atoms with Gasteiger partial charge < -0.3 is 18.2 Å². The molecular formula is CrKO8S2-. The van der Waals surface area contributed by atoms with Gasteiger partial charge in [0, 0.05) is 20.8 Å². The Balaban J connectivity index is -0.0000000457. The summed E-state index contributed by atoms with van der Waals surface area (Å²) in [6.07, 6.45) is 0. The maximum Gasteiger partial charge on any atom is 2.00 e. The minimum atomic E-state index is -5.17. The van der Waals surface area contributed by atoms with E-state index in [0.717, 1.165) is 0 Å². The molecule has 0 heterocycles. The summed E-state index contributed by atoms with van der Waals surface area (Å²) in [4.78, 5) is 0. The van der Waals surface area contributed by atoms with Gasteiger partial charge in [-0.15, -0.1) is 0 Å². The second kappa shape index (κ2) is 9.46. The van der Waals surface area contributed by atoms with E-state index in [1.807, 2.05) is 0 Å². The summed E-state index contributed by atoms with van der Waals surface area (Å²) in [5.41, 5.74) is 0. The van der Waals surface area contributed by atoms with E-state index in [9.17, 15) is 0 Å². The molecule has 0 N–H and O–H groups in total. The predicted octanol–water partition coefficient (Wildman–Crippen LogP) is -5.67. The van der Waals surface area contributed by atoms with Crippen LogP contribution in [-0.2, 0) is 38.2 Å². The SMILES string of the molecule is O=S(=O)([O-])[O-].O=S(=O)([O-])[O-].[Cr+2].[K+]. The Morgan fingerprint density at radius 2 is 0.667 bits per heavy atom. The zero-order valence-electron chi connectivity index (χ0n) is 5.49. The van der Waals surface area contributed by atoms with E-state index < -0.39 is 20.8 Å². The van der Waals surface area contributed by atoms with Gasteiger partial charge >= 0.3 is 68.7 Å². The molecule has 0 spiro atoms. The van der Waals surface area contributed by atoms with E-state index in [4.69, 9.17) is 35.0 Å². The van der Waals surface area contributed by atoms with Crippen molar-refractivity contribution < 1.29 is 104 Å². The Bertz CT molecular complexity index is 213. The monoisotopic (exact) mass is 283 g/mol. The van der Waals surface area contributed by atoms with Gasteiger partial charge in [-0.3, -0.25) is 16.8 Å². The van der Waals surface area contributed by atoms with Crippen LogP contribution < -0.4 is 51.4 Å². The third kappa shape index (κ3) is 389. The maximum absolute atomic E-state index is 8.52. The molecular weight excluding hydrogens is 283 g/mol. The molecule has 12 heteroatoms. The molecule has 0 unspecified atom stereocenters. The van der Waals surface area contributed by atoms with Crippen LogP contribution in [0.2, 0.25) is 0 Å². The fourth-order valence-electron chi connectivity index (χ4n) is 0. The second-order valence-electron chi connectivity index (χ2n) is 0.816.